The Balaban J connectivity index is 2.00. The molecule has 0 spiro atoms. The summed E-state index contributed by atoms with van der Waals surface area (Å²) in [7, 11) is 1.61. The maximum absolute atomic E-state index is 11.8. The van der Waals surface area contributed by atoms with Crippen molar-refractivity contribution in [2.75, 3.05) is 13.7 Å². The summed E-state index contributed by atoms with van der Waals surface area (Å²) in [5.41, 5.74) is 1.21. The van der Waals surface area contributed by atoms with Crippen molar-refractivity contribution in [3.8, 4) is 22.4 Å². The van der Waals surface area contributed by atoms with Crippen molar-refractivity contribution in [3.05, 3.63) is 35.3 Å². The molecule has 0 aliphatic heterocycles. The van der Waals surface area contributed by atoms with Crippen LogP contribution in [0.2, 0.25) is 0 Å². The van der Waals surface area contributed by atoms with Gasteiger partial charge in [-0.3, -0.25) is 0 Å². The van der Waals surface area contributed by atoms with Gasteiger partial charge >= 0.3 is 5.97 Å². The average Bonchev–Trinajstić information content (AvgIpc) is 3.01. The highest BCUT2D eigenvalue weighted by molar-refractivity contribution is 7.13. The van der Waals surface area contributed by atoms with E-state index in [4.69, 9.17) is 14.7 Å². The van der Waals surface area contributed by atoms with Crippen LogP contribution >= 0.6 is 11.3 Å². The molecule has 2 aromatic rings. The first-order valence-electron chi connectivity index (χ1n) is 6.38. The highest BCUT2D eigenvalue weighted by Gasteiger charge is 2.13. The lowest BCUT2D eigenvalue weighted by Gasteiger charge is -2.01. The molecule has 108 valence electrons. The summed E-state index contributed by atoms with van der Waals surface area (Å²) in [5, 5.41) is 10.8. The summed E-state index contributed by atoms with van der Waals surface area (Å²) in [4.78, 5) is 16.0. The number of rotatable bonds is 6. The molecule has 5 nitrogen and oxygen atoms in total. The molecule has 0 amide bonds. The Morgan fingerprint density at radius 2 is 2.14 bits per heavy atom. The van der Waals surface area contributed by atoms with Crippen molar-refractivity contribution in [1.29, 1.82) is 5.26 Å². The third-order valence-corrected chi connectivity index (χ3v) is 3.61. The number of nitriles is 1. The maximum atomic E-state index is 11.8. The fourth-order valence-electron chi connectivity index (χ4n) is 1.62. The van der Waals surface area contributed by atoms with Crippen LogP contribution < -0.4 is 4.74 Å². The second-order valence-corrected chi connectivity index (χ2v) is 5.02. The van der Waals surface area contributed by atoms with Gasteiger partial charge in [-0.2, -0.15) is 5.26 Å². The smallest absolute Gasteiger partial charge is 0.357 e. The summed E-state index contributed by atoms with van der Waals surface area (Å²) < 4.78 is 10.1. The van der Waals surface area contributed by atoms with Gasteiger partial charge in [0.2, 0.25) is 0 Å². The minimum atomic E-state index is -0.455. The van der Waals surface area contributed by atoms with Crippen LogP contribution in [0.5, 0.6) is 5.75 Å². The standard InChI is InChI=1S/C15H14N2O3S/c1-19-12-6-4-11(5-7-12)14-17-13(10-21-14)15(18)20-9-3-2-8-16/h4-7,10H,2-3,9H2,1H3. The Morgan fingerprint density at radius 3 is 2.81 bits per heavy atom. The lowest BCUT2D eigenvalue weighted by molar-refractivity contribution is 0.0496. The predicted molar refractivity (Wildman–Crippen MR) is 79.2 cm³/mol. The molecule has 0 bridgehead atoms. The quantitative estimate of drug-likeness (QED) is 0.605. The van der Waals surface area contributed by atoms with Crippen LogP contribution in [0, 0.1) is 11.3 Å². The largest absolute Gasteiger partial charge is 0.497 e. The number of carbonyl (C=O) groups excluding carboxylic acids is 1. The molecule has 1 heterocycles. The molecule has 0 fully saturated rings. The van der Waals surface area contributed by atoms with E-state index in [1.165, 1.54) is 11.3 Å². The summed E-state index contributed by atoms with van der Waals surface area (Å²) in [6.07, 6.45) is 0.916. The topological polar surface area (TPSA) is 72.2 Å². The molecule has 0 N–H and O–H groups in total. The first kappa shape index (κ1) is 15.0. The van der Waals surface area contributed by atoms with Crippen molar-refractivity contribution in [3.63, 3.8) is 0 Å². The third-order valence-electron chi connectivity index (χ3n) is 2.72. The molecule has 0 saturated heterocycles. The molecule has 0 saturated carbocycles. The molecule has 0 aliphatic rings. The maximum Gasteiger partial charge on any atom is 0.357 e. The van der Waals surface area contributed by atoms with Gasteiger partial charge in [-0.15, -0.1) is 11.3 Å². The number of aromatic nitrogens is 1. The third kappa shape index (κ3) is 4.04. The molecule has 0 radical (unpaired) electrons. The second-order valence-electron chi connectivity index (χ2n) is 4.16. The van der Waals surface area contributed by atoms with Crippen LogP contribution in [-0.4, -0.2) is 24.7 Å². The number of nitrogens with zero attached hydrogens (tertiary/aromatic N) is 2. The van der Waals surface area contributed by atoms with Crippen LogP contribution in [-0.2, 0) is 4.74 Å². The predicted octanol–water partition coefficient (Wildman–Crippen LogP) is 3.28. The first-order chi connectivity index (χ1) is 10.2. The fraction of sp³-hybridized carbons (Fsp3) is 0.267. The SMILES string of the molecule is COc1ccc(-c2nc(C(=O)OCCCC#N)cs2)cc1. The minimum Gasteiger partial charge on any atom is -0.497 e. The Kier molecular flexibility index (Phi) is 5.29. The zero-order chi connectivity index (χ0) is 15.1. The van der Waals surface area contributed by atoms with Gasteiger partial charge in [0.15, 0.2) is 5.69 Å². The van der Waals surface area contributed by atoms with Crippen molar-refractivity contribution >= 4 is 17.3 Å². The number of esters is 1. The van der Waals surface area contributed by atoms with Crippen LogP contribution in [0.15, 0.2) is 29.6 Å². The van der Waals surface area contributed by atoms with Crippen molar-refractivity contribution in [2.24, 2.45) is 0 Å². The second kappa shape index (κ2) is 7.41. The van der Waals surface area contributed by atoms with Gasteiger partial charge in [-0.05, 0) is 30.7 Å². The summed E-state index contributed by atoms with van der Waals surface area (Å²) >= 11 is 1.38. The zero-order valence-corrected chi connectivity index (χ0v) is 12.4. The summed E-state index contributed by atoms with van der Waals surface area (Å²) in [6, 6.07) is 9.47. The molecule has 1 aromatic heterocycles. The Bertz CT molecular complexity index is 644. The first-order valence-corrected chi connectivity index (χ1v) is 7.26. The normalized spacial score (nSPS) is 9.90. The minimum absolute atomic E-state index is 0.238. The van der Waals surface area contributed by atoms with Gasteiger partial charge in [0.25, 0.3) is 0 Å². The highest BCUT2D eigenvalue weighted by Crippen LogP contribution is 2.25. The van der Waals surface area contributed by atoms with E-state index < -0.39 is 5.97 Å². The van der Waals surface area contributed by atoms with Crippen LogP contribution in [0.3, 0.4) is 0 Å². The van der Waals surface area contributed by atoms with Gasteiger partial charge in [0, 0.05) is 17.4 Å². The van der Waals surface area contributed by atoms with E-state index in [0.717, 1.165) is 16.3 Å². The zero-order valence-electron chi connectivity index (χ0n) is 11.5. The number of ether oxygens (including phenoxy) is 2. The summed E-state index contributed by atoms with van der Waals surface area (Å²) in [6.45, 7) is 0.238. The van der Waals surface area contributed by atoms with E-state index >= 15 is 0 Å². The van der Waals surface area contributed by atoms with Crippen LogP contribution in [0.1, 0.15) is 23.3 Å². The number of hydrogen-bond donors (Lipinski definition) is 0. The van der Waals surface area contributed by atoms with Gasteiger partial charge in [0.1, 0.15) is 10.8 Å². The van der Waals surface area contributed by atoms with Crippen molar-refractivity contribution in [1.82, 2.24) is 4.98 Å². The van der Waals surface area contributed by atoms with E-state index in [9.17, 15) is 4.79 Å². The van der Waals surface area contributed by atoms with Crippen molar-refractivity contribution in [2.45, 2.75) is 12.8 Å². The monoisotopic (exact) mass is 302 g/mol. The molecular formula is C15H14N2O3S. The molecule has 21 heavy (non-hydrogen) atoms. The molecular weight excluding hydrogens is 288 g/mol. The van der Waals surface area contributed by atoms with E-state index in [2.05, 4.69) is 4.98 Å². The van der Waals surface area contributed by atoms with Crippen LogP contribution in [0.25, 0.3) is 10.6 Å². The van der Waals surface area contributed by atoms with Crippen LogP contribution in [0.4, 0.5) is 0 Å². The van der Waals surface area contributed by atoms with Crippen molar-refractivity contribution < 1.29 is 14.3 Å². The number of carbonyl (C=O) groups is 1. The molecule has 1 aromatic carbocycles. The number of unbranched alkanes of at least 4 members (excludes halogenated alkanes) is 1. The fourth-order valence-corrected chi connectivity index (χ4v) is 2.42. The van der Waals surface area contributed by atoms with Gasteiger partial charge in [-0.25, -0.2) is 9.78 Å². The Morgan fingerprint density at radius 1 is 1.38 bits per heavy atom. The average molecular weight is 302 g/mol. The number of benzene rings is 1. The molecule has 0 unspecified atom stereocenters. The van der Waals surface area contributed by atoms with E-state index in [0.29, 0.717) is 18.5 Å². The lowest BCUT2D eigenvalue weighted by atomic mass is 10.2. The molecule has 6 heteroatoms. The highest BCUT2D eigenvalue weighted by atomic mass is 32.1. The summed E-state index contributed by atoms with van der Waals surface area (Å²) in [5.74, 6) is 0.316. The van der Waals surface area contributed by atoms with E-state index in [1.807, 2.05) is 30.3 Å². The molecule has 0 aliphatic carbocycles. The molecule has 2 rings (SSSR count). The number of thiazole rings is 1. The van der Waals surface area contributed by atoms with E-state index in [-0.39, 0.29) is 6.61 Å². The van der Waals surface area contributed by atoms with Gasteiger partial charge in [-0.1, -0.05) is 0 Å². The Hall–Kier alpha value is -2.39. The molecule has 0 atom stereocenters. The Labute approximate surface area is 126 Å². The van der Waals surface area contributed by atoms with Gasteiger partial charge < -0.3 is 9.47 Å². The van der Waals surface area contributed by atoms with Gasteiger partial charge in [0.05, 0.1) is 19.8 Å². The number of methoxy groups -OCH3 is 1. The lowest BCUT2D eigenvalue weighted by Crippen LogP contribution is -2.06. The van der Waals surface area contributed by atoms with E-state index in [1.54, 1.807) is 12.5 Å². The number of hydrogen-bond acceptors (Lipinski definition) is 6.